The average molecular weight is 379 g/mol. The SMILES string of the molecule is C=CCOc1ccc(C2CC(=O)Nc3c(-c4ccc(F)cc4)csc32)cc1. The van der Waals surface area contributed by atoms with Crippen molar-refractivity contribution in [3.8, 4) is 16.9 Å². The molecule has 0 fully saturated rings. The molecular weight excluding hydrogens is 361 g/mol. The summed E-state index contributed by atoms with van der Waals surface area (Å²) in [5.41, 5.74) is 3.73. The summed E-state index contributed by atoms with van der Waals surface area (Å²) in [5, 5.41) is 5.03. The van der Waals surface area contributed by atoms with Gasteiger partial charge in [-0.1, -0.05) is 36.9 Å². The summed E-state index contributed by atoms with van der Waals surface area (Å²) in [4.78, 5) is 13.5. The van der Waals surface area contributed by atoms with E-state index in [1.165, 1.54) is 12.1 Å². The zero-order valence-corrected chi connectivity index (χ0v) is 15.4. The lowest BCUT2D eigenvalue weighted by atomic mass is 9.89. The van der Waals surface area contributed by atoms with Crippen molar-refractivity contribution in [1.29, 1.82) is 0 Å². The molecule has 1 unspecified atom stereocenters. The zero-order valence-electron chi connectivity index (χ0n) is 14.6. The molecule has 0 spiro atoms. The molecule has 0 saturated heterocycles. The van der Waals surface area contributed by atoms with Gasteiger partial charge in [0.05, 0.1) is 5.69 Å². The number of hydrogen-bond acceptors (Lipinski definition) is 3. The number of halogens is 1. The van der Waals surface area contributed by atoms with E-state index in [0.717, 1.165) is 33.0 Å². The second kappa shape index (κ2) is 7.37. The quantitative estimate of drug-likeness (QED) is 0.587. The lowest BCUT2D eigenvalue weighted by molar-refractivity contribution is -0.116. The van der Waals surface area contributed by atoms with Gasteiger partial charge in [-0.05, 0) is 35.4 Å². The maximum absolute atomic E-state index is 13.2. The Labute approximate surface area is 161 Å². The smallest absolute Gasteiger partial charge is 0.225 e. The molecule has 1 atom stereocenters. The maximum Gasteiger partial charge on any atom is 0.225 e. The highest BCUT2D eigenvalue weighted by molar-refractivity contribution is 7.11. The summed E-state index contributed by atoms with van der Waals surface area (Å²) in [6.07, 6.45) is 2.11. The molecule has 3 aromatic rings. The number of carbonyl (C=O) groups excluding carboxylic acids is 1. The number of hydrogen-bond donors (Lipinski definition) is 1. The first-order valence-corrected chi connectivity index (χ1v) is 9.54. The largest absolute Gasteiger partial charge is 0.490 e. The first kappa shape index (κ1) is 17.5. The van der Waals surface area contributed by atoms with Crippen LogP contribution in [0.1, 0.15) is 22.8 Å². The lowest BCUT2D eigenvalue weighted by Gasteiger charge is -2.24. The number of fused-ring (bicyclic) bond motifs is 1. The van der Waals surface area contributed by atoms with Crippen molar-refractivity contribution in [2.24, 2.45) is 0 Å². The molecule has 0 bridgehead atoms. The van der Waals surface area contributed by atoms with E-state index in [4.69, 9.17) is 4.74 Å². The Morgan fingerprint density at radius 2 is 1.93 bits per heavy atom. The maximum atomic E-state index is 13.2. The molecule has 136 valence electrons. The van der Waals surface area contributed by atoms with Crippen molar-refractivity contribution in [3.05, 3.63) is 82.8 Å². The molecule has 1 aliphatic rings. The molecule has 0 radical (unpaired) electrons. The van der Waals surface area contributed by atoms with Crippen LogP contribution in [0, 0.1) is 5.82 Å². The van der Waals surface area contributed by atoms with Crippen LogP contribution in [0.2, 0.25) is 0 Å². The Kier molecular flexibility index (Phi) is 4.77. The molecule has 1 amide bonds. The molecule has 27 heavy (non-hydrogen) atoms. The van der Waals surface area contributed by atoms with Gasteiger partial charge in [-0.2, -0.15) is 0 Å². The lowest BCUT2D eigenvalue weighted by Crippen LogP contribution is -2.22. The molecule has 2 aromatic carbocycles. The molecule has 3 nitrogen and oxygen atoms in total. The highest BCUT2D eigenvalue weighted by Crippen LogP contribution is 2.46. The second-order valence-corrected chi connectivity index (χ2v) is 7.28. The number of ether oxygens (including phenoxy) is 1. The molecule has 1 aromatic heterocycles. The van der Waals surface area contributed by atoms with Crippen LogP contribution in [0.5, 0.6) is 5.75 Å². The monoisotopic (exact) mass is 379 g/mol. The number of anilines is 1. The van der Waals surface area contributed by atoms with Crippen LogP contribution in [0.3, 0.4) is 0 Å². The van der Waals surface area contributed by atoms with Gasteiger partial charge in [0.25, 0.3) is 0 Å². The van der Waals surface area contributed by atoms with Gasteiger partial charge in [0.2, 0.25) is 5.91 Å². The van der Waals surface area contributed by atoms with E-state index in [2.05, 4.69) is 11.9 Å². The van der Waals surface area contributed by atoms with Crippen molar-refractivity contribution in [3.63, 3.8) is 0 Å². The van der Waals surface area contributed by atoms with Gasteiger partial charge in [-0.15, -0.1) is 11.3 Å². The van der Waals surface area contributed by atoms with Gasteiger partial charge in [0.15, 0.2) is 0 Å². The highest BCUT2D eigenvalue weighted by atomic mass is 32.1. The van der Waals surface area contributed by atoms with Crippen molar-refractivity contribution >= 4 is 22.9 Å². The average Bonchev–Trinajstić information content (AvgIpc) is 3.10. The van der Waals surface area contributed by atoms with Gasteiger partial charge < -0.3 is 10.1 Å². The molecule has 1 aliphatic heterocycles. The molecule has 5 heteroatoms. The van der Waals surface area contributed by atoms with Crippen LogP contribution < -0.4 is 10.1 Å². The van der Waals surface area contributed by atoms with Gasteiger partial charge in [-0.25, -0.2) is 4.39 Å². The highest BCUT2D eigenvalue weighted by Gasteiger charge is 2.30. The number of thiophene rings is 1. The fourth-order valence-corrected chi connectivity index (χ4v) is 4.45. The summed E-state index contributed by atoms with van der Waals surface area (Å²) in [6.45, 7) is 4.10. The minimum Gasteiger partial charge on any atom is -0.490 e. The standard InChI is InChI=1S/C22H18FNO2S/c1-2-11-26-17-9-5-14(6-10-17)18-12-20(25)24-21-19(13-27-22(18)21)15-3-7-16(23)8-4-15/h2-10,13,18H,1,11-12H2,(H,24,25). The molecule has 0 aliphatic carbocycles. The fraction of sp³-hybridized carbons (Fsp3) is 0.136. The van der Waals surface area contributed by atoms with Gasteiger partial charge in [-0.3, -0.25) is 4.79 Å². The topological polar surface area (TPSA) is 38.3 Å². The van der Waals surface area contributed by atoms with Gasteiger partial charge in [0.1, 0.15) is 18.2 Å². The molecule has 4 rings (SSSR count). The number of carbonyl (C=O) groups is 1. The van der Waals surface area contributed by atoms with Crippen LogP contribution in [0.25, 0.3) is 11.1 Å². The Hall–Kier alpha value is -2.92. The van der Waals surface area contributed by atoms with Crippen molar-refractivity contribution in [2.45, 2.75) is 12.3 Å². The van der Waals surface area contributed by atoms with Crippen molar-refractivity contribution < 1.29 is 13.9 Å². The van der Waals surface area contributed by atoms with E-state index in [1.807, 2.05) is 29.6 Å². The number of amides is 1. The van der Waals surface area contributed by atoms with Crippen LogP contribution >= 0.6 is 11.3 Å². The summed E-state index contributed by atoms with van der Waals surface area (Å²) in [5.74, 6) is 0.489. The number of benzene rings is 2. The third-order valence-electron chi connectivity index (χ3n) is 4.60. The Morgan fingerprint density at radius 3 is 2.63 bits per heavy atom. The third kappa shape index (κ3) is 3.51. The normalized spacial score (nSPS) is 15.7. The van der Waals surface area contributed by atoms with Crippen molar-refractivity contribution in [2.75, 3.05) is 11.9 Å². The molecule has 2 heterocycles. The second-order valence-electron chi connectivity index (χ2n) is 6.37. The van der Waals surface area contributed by atoms with Gasteiger partial charge >= 0.3 is 0 Å². The van der Waals surface area contributed by atoms with E-state index in [1.54, 1.807) is 29.5 Å². The van der Waals surface area contributed by atoms with Gasteiger partial charge in [0, 0.05) is 28.2 Å². The Bertz CT molecular complexity index is 977. The third-order valence-corrected chi connectivity index (χ3v) is 5.69. The Morgan fingerprint density at radius 1 is 1.19 bits per heavy atom. The first-order valence-electron chi connectivity index (χ1n) is 8.66. The van der Waals surface area contributed by atoms with Crippen LogP contribution in [0.15, 0.2) is 66.6 Å². The minimum atomic E-state index is -0.275. The van der Waals surface area contributed by atoms with Crippen molar-refractivity contribution in [1.82, 2.24) is 0 Å². The van der Waals surface area contributed by atoms with E-state index < -0.39 is 0 Å². The molecule has 1 N–H and O–H groups in total. The van der Waals surface area contributed by atoms with Crippen LogP contribution in [0.4, 0.5) is 10.1 Å². The van der Waals surface area contributed by atoms with E-state index in [9.17, 15) is 9.18 Å². The fourth-order valence-electron chi connectivity index (χ4n) is 3.29. The van der Waals surface area contributed by atoms with E-state index >= 15 is 0 Å². The summed E-state index contributed by atoms with van der Waals surface area (Å²) in [6, 6.07) is 14.2. The number of nitrogens with one attached hydrogen (secondary N) is 1. The summed E-state index contributed by atoms with van der Waals surface area (Å²) >= 11 is 1.62. The van der Waals surface area contributed by atoms with E-state index in [-0.39, 0.29) is 17.6 Å². The Balaban J connectivity index is 1.68. The minimum absolute atomic E-state index is 0.00130. The number of rotatable bonds is 5. The summed E-state index contributed by atoms with van der Waals surface area (Å²) in [7, 11) is 0. The molecule has 0 saturated carbocycles. The van der Waals surface area contributed by atoms with E-state index in [0.29, 0.717) is 13.0 Å². The van der Waals surface area contributed by atoms with Crippen LogP contribution in [-0.4, -0.2) is 12.5 Å². The predicted octanol–water partition coefficient (Wildman–Crippen LogP) is 5.59. The first-order chi connectivity index (χ1) is 13.2. The van der Waals surface area contributed by atoms with Crippen LogP contribution in [-0.2, 0) is 4.79 Å². The summed E-state index contributed by atoms with van der Waals surface area (Å²) < 4.78 is 18.8. The zero-order chi connectivity index (χ0) is 18.8. The predicted molar refractivity (Wildman–Crippen MR) is 107 cm³/mol. The molecular formula is C22H18FNO2S.